The predicted molar refractivity (Wildman–Crippen MR) is 180 cm³/mol. The molecule has 1 aliphatic carbocycles. The van der Waals surface area contributed by atoms with E-state index in [0.29, 0.717) is 55.2 Å². The van der Waals surface area contributed by atoms with Crippen LogP contribution < -0.4 is 14.8 Å². The number of carbonyl (C=O) groups excluding carboxylic acids is 2. The van der Waals surface area contributed by atoms with Gasteiger partial charge in [0.25, 0.3) is 5.91 Å². The minimum atomic E-state index is -0.716. The third-order valence-corrected chi connectivity index (χ3v) is 10.3. The van der Waals surface area contributed by atoms with E-state index in [4.69, 9.17) is 24.3 Å². The number of esters is 1. The molecule has 6 rings (SSSR count). The Kier molecular flexibility index (Phi) is 10.7. The van der Waals surface area contributed by atoms with E-state index in [2.05, 4.69) is 21.2 Å². The van der Waals surface area contributed by atoms with Crippen molar-refractivity contribution in [3.63, 3.8) is 0 Å². The Morgan fingerprint density at radius 3 is 2.57 bits per heavy atom. The Balaban J connectivity index is 1.32. The topological polar surface area (TPSA) is 108 Å². The summed E-state index contributed by atoms with van der Waals surface area (Å²) in [4.78, 5) is 33.3. The molecule has 0 bridgehead atoms. The number of piperidine rings is 1. The number of ether oxygens (including phenoxy) is 3. The quantitative estimate of drug-likeness (QED) is 0.174. The van der Waals surface area contributed by atoms with E-state index < -0.39 is 12.0 Å². The average molecular weight is 729 g/mol. The third kappa shape index (κ3) is 7.61. The fourth-order valence-corrected chi connectivity index (χ4v) is 7.72. The molecule has 1 N–H and O–H groups in total. The van der Waals surface area contributed by atoms with Crippen molar-refractivity contribution in [1.29, 1.82) is 0 Å². The summed E-state index contributed by atoms with van der Waals surface area (Å²) in [5.41, 5.74) is 2.23. The number of methoxy groups -OCH3 is 1. The molecule has 13 heteroatoms. The Morgan fingerprint density at radius 1 is 1.09 bits per heavy atom. The molecule has 1 aromatic heterocycles. The van der Waals surface area contributed by atoms with Gasteiger partial charge in [-0.05, 0) is 97.1 Å². The van der Waals surface area contributed by atoms with Crippen molar-refractivity contribution in [2.24, 2.45) is 0 Å². The van der Waals surface area contributed by atoms with E-state index in [1.54, 1.807) is 28.9 Å². The number of allylic oxidation sites excluding steroid dienone is 1. The van der Waals surface area contributed by atoms with Gasteiger partial charge in [0.2, 0.25) is 11.1 Å². The van der Waals surface area contributed by atoms with Crippen LogP contribution in [-0.2, 0) is 20.1 Å². The van der Waals surface area contributed by atoms with Crippen molar-refractivity contribution < 1.29 is 28.2 Å². The number of nitrogens with zero attached hydrogens (tertiary/aromatic N) is 4. The highest BCUT2D eigenvalue weighted by Crippen LogP contribution is 2.44. The molecule has 250 valence electrons. The number of anilines is 1. The van der Waals surface area contributed by atoms with E-state index in [0.717, 1.165) is 64.5 Å². The van der Waals surface area contributed by atoms with Crippen LogP contribution in [0.2, 0.25) is 0 Å². The summed E-state index contributed by atoms with van der Waals surface area (Å²) in [6, 6.07) is 9.53. The molecule has 0 radical (unpaired) electrons. The van der Waals surface area contributed by atoms with Gasteiger partial charge in [-0.1, -0.05) is 36.4 Å². The van der Waals surface area contributed by atoms with Crippen molar-refractivity contribution in [2.45, 2.75) is 81.3 Å². The van der Waals surface area contributed by atoms with Crippen molar-refractivity contribution in [2.75, 3.05) is 32.1 Å². The largest absolute Gasteiger partial charge is 0.493 e. The highest BCUT2D eigenvalue weighted by molar-refractivity contribution is 9.10. The summed E-state index contributed by atoms with van der Waals surface area (Å²) in [6.07, 6.45) is 7.85. The number of fused-ring (bicyclic) bond motifs is 1. The molecule has 1 unspecified atom stereocenters. The number of rotatable bonds is 10. The molecule has 3 aliphatic rings. The summed E-state index contributed by atoms with van der Waals surface area (Å²) in [5.74, 6) is 0.791. The Bertz CT molecular complexity index is 1650. The van der Waals surface area contributed by atoms with Crippen LogP contribution in [0.15, 0.2) is 57.3 Å². The zero-order valence-electron chi connectivity index (χ0n) is 26.6. The van der Waals surface area contributed by atoms with Gasteiger partial charge in [-0.25, -0.2) is 13.9 Å². The van der Waals surface area contributed by atoms with Crippen LogP contribution in [-0.4, -0.2) is 64.5 Å². The number of benzene rings is 2. The SMILES string of the molecule is COc1cc(C2C(C(=O)OC3CCCCC3)=C(C)Nc3nc(SCc4ccccc4F)nn32)cc(Br)c1OCC(=O)N1CCCCC1. The number of likely N-dealkylation sites (tertiary alicyclic amines) is 1. The molecule has 0 spiro atoms. The predicted octanol–water partition coefficient (Wildman–Crippen LogP) is 7.04. The minimum absolute atomic E-state index is 0.0694. The van der Waals surface area contributed by atoms with E-state index in [1.807, 2.05) is 17.9 Å². The number of thioether (sulfide) groups is 1. The molecule has 2 aromatic carbocycles. The maximum absolute atomic E-state index is 14.3. The smallest absolute Gasteiger partial charge is 0.338 e. The van der Waals surface area contributed by atoms with Gasteiger partial charge >= 0.3 is 5.97 Å². The molecule has 1 atom stereocenters. The number of carbonyl (C=O) groups is 2. The van der Waals surface area contributed by atoms with Gasteiger partial charge in [-0.15, -0.1) is 5.10 Å². The maximum atomic E-state index is 14.3. The number of nitrogens with one attached hydrogen (secondary N) is 1. The zero-order chi connectivity index (χ0) is 32.9. The van der Waals surface area contributed by atoms with Gasteiger partial charge in [-0.2, -0.15) is 4.98 Å². The van der Waals surface area contributed by atoms with Crippen LogP contribution in [0.3, 0.4) is 0 Å². The van der Waals surface area contributed by atoms with Gasteiger partial charge in [0.1, 0.15) is 18.0 Å². The first-order valence-electron chi connectivity index (χ1n) is 16.1. The summed E-state index contributed by atoms with van der Waals surface area (Å²) in [5, 5.41) is 8.47. The van der Waals surface area contributed by atoms with Gasteiger partial charge in [0.15, 0.2) is 18.1 Å². The lowest BCUT2D eigenvalue weighted by atomic mass is 9.94. The lowest BCUT2D eigenvalue weighted by Crippen LogP contribution is -2.38. The average Bonchev–Trinajstić information content (AvgIpc) is 3.49. The van der Waals surface area contributed by atoms with Crippen molar-refractivity contribution in [3.05, 3.63) is 69.1 Å². The van der Waals surface area contributed by atoms with Crippen molar-refractivity contribution >= 4 is 45.5 Å². The first kappa shape index (κ1) is 33.3. The van der Waals surface area contributed by atoms with Gasteiger partial charge in [0, 0.05) is 24.5 Å². The lowest BCUT2D eigenvalue weighted by Gasteiger charge is -2.30. The lowest BCUT2D eigenvalue weighted by molar-refractivity contribution is -0.146. The van der Waals surface area contributed by atoms with Crippen LogP contribution in [0.1, 0.15) is 75.5 Å². The Morgan fingerprint density at radius 2 is 1.83 bits per heavy atom. The van der Waals surface area contributed by atoms with Gasteiger partial charge in [0.05, 0.1) is 17.2 Å². The summed E-state index contributed by atoms with van der Waals surface area (Å²) in [6.45, 7) is 3.18. The van der Waals surface area contributed by atoms with Crippen LogP contribution in [0, 0.1) is 5.82 Å². The zero-order valence-corrected chi connectivity index (χ0v) is 29.0. The number of amides is 1. The molecular weight excluding hydrogens is 689 g/mol. The fourth-order valence-electron chi connectivity index (χ4n) is 6.33. The van der Waals surface area contributed by atoms with E-state index in [1.165, 1.54) is 24.9 Å². The fraction of sp³-hybridized carbons (Fsp3) is 0.471. The molecule has 1 saturated carbocycles. The van der Waals surface area contributed by atoms with E-state index >= 15 is 0 Å². The summed E-state index contributed by atoms with van der Waals surface area (Å²) < 4.78 is 34.4. The Hall–Kier alpha value is -3.58. The highest BCUT2D eigenvalue weighted by atomic mass is 79.9. The van der Waals surface area contributed by atoms with Crippen molar-refractivity contribution in [3.8, 4) is 11.5 Å². The van der Waals surface area contributed by atoms with Gasteiger partial charge < -0.3 is 24.4 Å². The molecular formula is C34H39BrFN5O5S. The molecule has 10 nitrogen and oxygen atoms in total. The monoisotopic (exact) mass is 727 g/mol. The molecule has 2 fully saturated rings. The normalized spacial score (nSPS) is 18.4. The minimum Gasteiger partial charge on any atom is -0.493 e. The number of hydrogen-bond acceptors (Lipinski definition) is 9. The van der Waals surface area contributed by atoms with Crippen LogP contribution in [0.4, 0.5) is 10.3 Å². The van der Waals surface area contributed by atoms with Crippen LogP contribution in [0.5, 0.6) is 11.5 Å². The first-order chi connectivity index (χ1) is 22.8. The second-order valence-corrected chi connectivity index (χ2v) is 13.8. The second kappa shape index (κ2) is 15.1. The van der Waals surface area contributed by atoms with E-state index in [9.17, 15) is 14.0 Å². The molecule has 3 heterocycles. The van der Waals surface area contributed by atoms with Gasteiger partial charge in [-0.3, -0.25) is 4.79 Å². The van der Waals surface area contributed by atoms with E-state index in [-0.39, 0.29) is 24.4 Å². The van der Waals surface area contributed by atoms with Crippen LogP contribution in [0.25, 0.3) is 0 Å². The summed E-state index contributed by atoms with van der Waals surface area (Å²) >= 11 is 4.95. The second-order valence-electron chi connectivity index (χ2n) is 12.0. The standard InChI is InChI=1S/C34H39BrFN5O5S/c1-21-29(32(43)46-24-12-5-3-6-13-24)30(41-33(37-21)38-34(39-41)47-20-22-11-7-8-14-26(22)36)23-17-25(35)31(27(18-23)44-2)45-19-28(42)40-15-9-4-10-16-40/h7-8,11,14,17-18,24,30H,3-6,9-10,12-13,15-16,19-20H2,1-2H3,(H,37,38,39). The highest BCUT2D eigenvalue weighted by Gasteiger charge is 2.37. The van der Waals surface area contributed by atoms with Crippen molar-refractivity contribution in [1.82, 2.24) is 19.7 Å². The molecule has 1 amide bonds. The number of hydrogen-bond donors (Lipinski definition) is 1. The van der Waals surface area contributed by atoms with Crippen LogP contribution >= 0.6 is 27.7 Å². The number of aromatic nitrogens is 3. The molecule has 2 aliphatic heterocycles. The number of halogens is 2. The Labute approximate surface area is 286 Å². The summed E-state index contributed by atoms with van der Waals surface area (Å²) in [7, 11) is 1.53. The molecule has 3 aromatic rings. The maximum Gasteiger partial charge on any atom is 0.338 e. The molecule has 1 saturated heterocycles. The first-order valence-corrected chi connectivity index (χ1v) is 17.9. The molecule has 47 heavy (non-hydrogen) atoms. The third-order valence-electron chi connectivity index (χ3n) is 8.81.